The fraction of sp³-hybridized carbons (Fsp3) is 0. The molecule has 0 radical (unpaired) electrons. The maximum atomic E-state index is 9.84. The summed E-state index contributed by atoms with van der Waals surface area (Å²) in [7, 11) is 0. The molecule has 0 unspecified atom stereocenters. The molecule has 0 N–H and O–H groups in total. The van der Waals surface area contributed by atoms with E-state index in [4.69, 9.17) is 30.5 Å². The van der Waals surface area contributed by atoms with Crippen molar-refractivity contribution >= 4 is 43.5 Å². The van der Waals surface area contributed by atoms with Crippen molar-refractivity contribution in [2.45, 2.75) is 0 Å². The minimum atomic E-state index is -1.10. The van der Waals surface area contributed by atoms with Crippen LogP contribution in [0.1, 0.15) is 38.4 Å². The zero-order valence-electron chi connectivity index (χ0n) is 50.4. The Morgan fingerprint density at radius 2 is 0.822 bits per heavy atom. The normalized spacial score (nSPS) is 20.3. The molecule has 0 bridgehead atoms. The van der Waals surface area contributed by atoms with Crippen LogP contribution < -0.4 is 0 Å². The van der Waals surface area contributed by atoms with E-state index >= 15 is 0 Å². The number of para-hydroxylation sites is 1. The Bertz CT molecular complexity index is 3980. The summed E-state index contributed by atoms with van der Waals surface area (Å²) < 4.78 is 255. The van der Waals surface area contributed by atoms with E-state index < -0.39 is 257 Å². The summed E-state index contributed by atoms with van der Waals surface area (Å²) in [5.41, 5.74) is -7.43. The van der Waals surface area contributed by atoms with E-state index in [1.807, 2.05) is 0 Å². The van der Waals surface area contributed by atoms with Crippen molar-refractivity contribution in [1.82, 2.24) is 0 Å². The number of fused-ring (bicyclic) bond motifs is 5. The molecule has 45 heavy (non-hydrogen) atoms. The van der Waals surface area contributed by atoms with Crippen molar-refractivity contribution in [3.05, 3.63) is 169 Å². The lowest BCUT2D eigenvalue weighted by atomic mass is 9.85. The summed E-state index contributed by atoms with van der Waals surface area (Å²) in [6.45, 7) is 0. The summed E-state index contributed by atoms with van der Waals surface area (Å²) in [4.78, 5) is 0. The molecule has 1 heterocycles. The van der Waals surface area contributed by atoms with Crippen molar-refractivity contribution in [2.24, 2.45) is 0 Å². The van der Waals surface area contributed by atoms with Gasteiger partial charge < -0.3 is 4.42 Å². The molecule has 8 aromatic carbocycles. The molecule has 0 atom stereocenters. The summed E-state index contributed by atoms with van der Waals surface area (Å²) in [6, 6.07) is -26.6. The van der Waals surface area contributed by atoms with Crippen LogP contribution in [0.2, 0.25) is 0 Å². The predicted molar refractivity (Wildman–Crippen MR) is 190 cm³/mol. The number of furan rings is 1. The van der Waals surface area contributed by atoms with E-state index in [2.05, 4.69) is 0 Å². The van der Waals surface area contributed by atoms with Crippen LogP contribution in [0.5, 0.6) is 0 Å². The lowest BCUT2D eigenvalue weighted by Crippen LogP contribution is -1.91. The van der Waals surface area contributed by atoms with Gasteiger partial charge in [0.15, 0.2) is 0 Å². The van der Waals surface area contributed by atoms with E-state index in [1.54, 1.807) is 0 Å². The number of benzene rings is 8. The Morgan fingerprint density at radius 1 is 0.333 bits per heavy atom. The van der Waals surface area contributed by atoms with Gasteiger partial charge in [-0.25, -0.2) is 0 Å². The van der Waals surface area contributed by atoms with Crippen molar-refractivity contribution in [2.75, 3.05) is 0 Å². The Balaban J connectivity index is 1.53. The molecule has 1 nitrogen and oxygen atoms in total. The van der Waals surface area contributed by atoms with Crippen LogP contribution in [0.3, 0.4) is 0 Å². The third-order valence-corrected chi connectivity index (χ3v) is 7.06. The fourth-order valence-electron chi connectivity index (χ4n) is 5.19. The van der Waals surface area contributed by atoms with Crippen LogP contribution in [-0.4, -0.2) is 0 Å². The average Bonchev–Trinajstić information content (AvgIpc) is 3.76. The summed E-state index contributed by atoms with van der Waals surface area (Å²) in [5.74, 6) is 0. The highest BCUT2D eigenvalue weighted by Gasteiger charge is 2.17. The highest BCUT2D eigenvalue weighted by molar-refractivity contribution is 6.21. The third kappa shape index (κ3) is 4.17. The maximum absolute atomic E-state index is 9.84. The summed E-state index contributed by atoms with van der Waals surface area (Å²) in [5, 5.41) is -4.08. The molecule has 0 amide bonds. The van der Waals surface area contributed by atoms with Crippen LogP contribution in [0.25, 0.3) is 88.0 Å². The molecule has 0 spiro atoms. The van der Waals surface area contributed by atoms with E-state index in [1.165, 1.54) is 0 Å². The number of rotatable bonds is 4. The fourth-order valence-corrected chi connectivity index (χ4v) is 5.19. The Kier molecular flexibility index (Phi) is 2.32. The molecule has 0 saturated carbocycles. The monoisotopic (exact) mass is 600 g/mol. The largest absolute Gasteiger partial charge is 0.455 e. The smallest absolute Gasteiger partial charge is 0.143 e. The molecule has 210 valence electrons. The SMILES string of the molecule is [2H]c1c([2H])c([2H])c(-c2c([2H])c([2H])c([2H])c3c2oc2c([2H])c([2H])c(-c4c([2H])c([2H])c([2H])c(-c5c6c([2H])c([2H])c([2H])c([2H])c6c(-c6c([2H])c([2H])c([2H])c([2H])c6[2H])c6c([2H])c([2H])c([2H])c([2H])c56)c4[2H])c([2H])c23)c([2H])c1[2H]. The first-order valence-electron chi connectivity index (χ1n) is 27.2. The van der Waals surface area contributed by atoms with Crippen LogP contribution in [0, 0.1) is 0 Å². The molecule has 9 aromatic rings. The highest BCUT2D eigenvalue weighted by Crippen LogP contribution is 2.44. The molecule has 1 heteroatoms. The molecule has 0 saturated heterocycles. The second-order valence-electron chi connectivity index (χ2n) is 9.51. The quantitative estimate of drug-likeness (QED) is 0.183. The van der Waals surface area contributed by atoms with Crippen molar-refractivity contribution < 1.29 is 42.8 Å². The van der Waals surface area contributed by atoms with Gasteiger partial charge in [-0.15, -0.1) is 0 Å². The van der Waals surface area contributed by atoms with Crippen LogP contribution >= 0.6 is 0 Å². The van der Waals surface area contributed by atoms with Gasteiger partial charge >= 0.3 is 0 Å². The molecule has 0 fully saturated rings. The van der Waals surface area contributed by atoms with Crippen LogP contribution in [-0.2, 0) is 0 Å². The van der Waals surface area contributed by atoms with Crippen molar-refractivity contribution in [3.63, 3.8) is 0 Å². The lowest BCUT2D eigenvalue weighted by Gasteiger charge is -2.18. The second-order valence-corrected chi connectivity index (χ2v) is 9.51. The van der Waals surface area contributed by atoms with E-state index in [0.29, 0.717) is 0 Å². The first-order valence-corrected chi connectivity index (χ1v) is 13.2. The van der Waals surface area contributed by atoms with Crippen molar-refractivity contribution in [1.29, 1.82) is 0 Å². The van der Waals surface area contributed by atoms with Crippen LogP contribution in [0.15, 0.2) is 174 Å². The van der Waals surface area contributed by atoms with Gasteiger partial charge in [0.05, 0.1) is 38.4 Å². The highest BCUT2D eigenvalue weighted by atomic mass is 16.3. The van der Waals surface area contributed by atoms with Crippen LogP contribution in [0.4, 0.5) is 0 Å². The molecular weight excluding hydrogens is 544 g/mol. The van der Waals surface area contributed by atoms with Gasteiger partial charge in [-0.1, -0.05) is 151 Å². The lowest BCUT2D eigenvalue weighted by molar-refractivity contribution is 0.670. The minimum Gasteiger partial charge on any atom is -0.455 e. The maximum Gasteiger partial charge on any atom is 0.143 e. The van der Waals surface area contributed by atoms with Gasteiger partial charge in [0.25, 0.3) is 0 Å². The summed E-state index contributed by atoms with van der Waals surface area (Å²) in [6.07, 6.45) is 0. The zero-order chi connectivity index (χ0) is 54.1. The van der Waals surface area contributed by atoms with E-state index in [-0.39, 0.29) is 0 Å². The third-order valence-electron chi connectivity index (χ3n) is 7.06. The van der Waals surface area contributed by atoms with Gasteiger partial charge in [-0.3, -0.25) is 0 Å². The van der Waals surface area contributed by atoms with Gasteiger partial charge in [0.2, 0.25) is 0 Å². The molecule has 1 aromatic heterocycles. The zero-order valence-corrected chi connectivity index (χ0v) is 22.4. The molecule has 0 aliphatic carbocycles. The second kappa shape index (κ2) is 10.4. The van der Waals surface area contributed by atoms with Crippen molar-refractivity contribution in [3.8, 4) is 44.5 Å². The van der Waals surface area contributed by atoms with E-state index in [0.717, 1.165) is 0 Å². The standard InChI is InChI=1S/C44H28O/c1-3-13-29(14-4-1)34-23-12-24-39-40-28-32(25-26-41(40)45-44(34)39)31-17-11-18-33(27-31)43-37-21-9-7-19-35(37)42(30-15-5-2-6-16-30)36-20-8-10-22-38(36)43/h1-28H/i1D,2D,3D,4D,5D,6D,7D,8D,9D,10D,11D,12D,13D,14D,15D,16D,17D,18D,19D,20D,21D,22D,23D,24D,25D,26D,27D,28D. The minimum absolute atomic E-state index is 0.550. The first kappa shape index (κ1) is 10.1. The molecule has 9 rings (SSSR count). The van der Waals surface area contributed by atoms with Gasteiger partial charge in [-0.05, 0) is 78.6 Å². The topological polar surface area (TPSA) is 13.1 Å². The first-order chi connectivity index (χ1) is 34.0. The number of hydrogen-bond acceptors (Lipinski definition) is 1. The Hall–Kier alpha value is -5.92. The van der Waals surface area contributed by atoms with Gasteiger partial charge in [0.1, 0.15) is 11.2 Å². The molecule has 0 aliphatic heterocycles. The van der Waals surface area contributed by atoms with Gasteiger partial charge in [-0.2, -0.15) is 0 Å². The molecular formula is C44H28O. The Labute approximate surface area is 301 Å². The molecule has 0 aliphatic rings. The van der Waals surface area contributed by atoms with E-state index in [9.17, 15) is 12.3 Å². The Morgan fingerprint density at radius 3 is 1.49 bits per heavy atom. The summed E-state index contributed by atoms with van der Waals surface area (Å²) >= 11 is 0. The predicted octanol–water partition coefficient (Wildman–Crippen LogP) is 12.6. The van der Waals surface area contributed by atoms with Gasteiger partial charge in [0, 0.05) is 16.3 Å². The number of hydrogen-bond donors (Lipinski definition) is 0. The average molecular weight is 601 g/mol.